The molecule has 2 aromatic carbocycles. The lowest BCUT2D eigenvalue weighted by molar-refractivity contribution is 0.631. The lowest BCUT2D eigenvalue weighted by atomic mass is 10.1. The van der Waals surface area contributed by atoms with Crippen LogP contribution in [0.15, 0.2) is 60.9 Å². The summed E-state index contributed by atoms with van der Waals surface area (Å²) < 4.78 is 16.6. The van der Waals surface area contributed by atoms with Crippen molar-refractivity contribution in [2.45, 2.75) is 0 Å². The summed E-state index contributed by atoms with van der Waals surface area (Å²) in [4.78, 5) is 4.54. The van der Waals surface area contributed by atoms with Crippen molar-refractivity contribution in [1.29, 1.82) is 0 Å². The van der Waals surface area contributed by atoms with Crippen LogP contribution in [0.3, 0.4) is 0 Å². The number of thiazole rings is 1. The molecule has 4 rings (SSSR count). The summed E-state index contributed by atoms with van der Waals surface area (Å²) in [5.74, 6) is -0.249. The zero-order valence-corrected chi connectivity index (χ0v) is 11.7. The molecule has 2 heterocycles. The number of hydrogen-bond acceptors (Lipinski definition) is 3. The van der Waals surface area contributed by atoms with Crippen molar-refractivity contribution < 1.29 is 4.39 Å². The van der Waals surface area contributed by atoms with Crippen LogP contribution in [-0.2, 0) is 0 Å². The van der Waals surface area contributed by atoms with E-state index in [0.717, 1.165) is 20.9 Å². The second-order valence-corrected chi connectivity index (χ2v) is 5.63. The van der Waals surface area contributed by atoms with E-state index in [-0.39, 0.29) is 5.82 Å². The van der Waals surface area contributed by atoms with Crippen molar-refractivity contribution in [3.8, 4) is 16.3 Å². The van der Waals surface area contributed by atoms with E-state index in [1.54, 1.807) is 40.5 Å². The van der Waals surface area contributed by atoms with Crippen LogP contribution in [0.1, 0.15) is 0 Å². The first-order valence-corrected chi connectivity index (χ1v) is 7.28. The molecule has 3 nitrogen and oxygen atoms in total. The molecular weight excluding hydrogens is 285 g/mol. The summed E-state index contributed by atoms with van der Waals surface area (Å²) in [7, 11) is 0. The number of para-hydroxylation sites is 1. The molecule has 0 aliphatic heterocycles. The standard InChI is InChI=1S/C16H10FN3S/c17-13-6-2-1-5-12(13)11-9-18-20(10-11)16-19-14-7-3-4-8-15(14)21-16/h1-10H. The zero-order chi connectivity index (χ0) is 14.2. The quantitative estimate of drug-likeness (QED) is 0.552. The van der Waals surface area contributed by atoms with Gasteiger partial charge in [0.05, 0.1) is 16.4 Å². The van der Waals surface area contributed by atoms with Gasteiger partial charge in [0.15, 0.2) is 0 Å². The van der Waals surface area contributed by atoms with Crippen LogP contribution < -0.4 is 0 Å². The highest BCUT2D eigenvalue weighted by molar-refractivity contribution is 7.20. The summed E-state index contributed by atoms with van der Waals surface area (Å²) in [5.41, 5.74) is 2.23. The Labute approximate surface area is 124 Å². The molecule has 0 saturated carbocycles. The first-order valence-electron chi connectivity index (χ1n) is 6.47. The van der Waals surface area contributed by atoms with Crippen LogP contribution >= 0.6 is 11.3 Å². The maximum Gasteiger partial charge on any atom is 0.211 e. The van der Waals surface area contributed by atoms with Crippen molar-refractivity contribution >= 4 is 21.6 Å². The van der Waals surface area contributed by atoms with Gasteiger partial charge in [-0.1, -0.05) is 41.7 Å². The van der Waals surface area contributed by atoms with Crippen LogP contribution in [-0.4, -0.2) is 14.8 Å². The van der Waals surface area contributed by atoms with Crippen molar-refractivity contribution in [2.24, 2.45) is 0 Å². The van der Waals surface area contributed by atoms with Gasteiger partial charge < -0.3 is 0 Å². The van der Waals surface area contributed by atoms with E-state index in [1.807, 2.05) is 30.3 Å². The largest absolute Gasteiger partial charge is 0.218 e. The normalized spacial score (nSPS) is 11.1. The lowest BCUT2D eigenvalue weighted by Gasteiger charge is -1.97. The second kappa shape index (κ2) is 4.79. The molecule has 0 atom stereocenters. The predicted molar refractivity (Wildman–Crippen MR) is 82.1 cm³/mol. The van der Waals surface area contributed by atoms with E-state index in [9.17, 15) is 4.39 Å². The molecule has 102 valence electrons. The molecule has 4 aromatic rings. The fourth-order valence-corrected chi connectivity index (χ4v) is 3.12. The Morgan fingerprint density at radius 3 is 2.67 bits per heavy atom. The third-order valence-electron chi connectivity index (χ3n) is 3.25. The summed E-state index contributed by atoms with van der Waals surface area (Å²) in [5, 5.41) is 5.07. The average Bonchev–Trinajstić information content (AvgIpc) is 3.14. The van der Waals surface area contributed by atoms with Crippen LogP contribution in [0.4, 0.5) is 4.39 Å². The lowest BCUT2D eigenvalue weighted by Crippen LogP contribution is -1.92. The molecular formula is C16H10FN3S. The van der Waals surface area contributed by atoms with Crippen molar-refractivity contribution in [1.82, 2.24) is 14.8 Å². The molecule has 0 aliphatic rings. The van der Waals surface area contributed by atoms with Crippen LogP contribution in [0, 0.1) is 5.82 Å². The van der Waals surface area contributed by atoms with Crippen LogP contribution in [0.2, 0.25) is 0 Å². The summed E-state index contributed by atoms with van der Waals surface area (Å²) in [6.45, 7) is 0. The third-order valence-corrected chi connectivity index (χ3v) is 4.27. The van der Waals surface area contributed by atoms with Crippen LogP contribution in [0.5, 0.6) is 0 Å². The maximum absolute atomic E-state index is 13.8. The van der Waals surface area contributed by atoms with E-state index in [1.165, 1.54) is 6.07 Å². The molecule has 0 amide bonds. The smallest absolute Gasteiger partial charge is 0.211 e. The van der Waals surface area contributed by atoms with Gasteiger partial charge >= 0.3 is 0 Å². The van der Waals surface area contributed by atoms with E-state index in [4.69, 9.17) is 0 Å². The molecule has 0 radical (unpaired) electrons. The van der Waals surface area contributed by atoms with E-state index in [2.05, 4.69) is 10.1 Å². The molecule has 5 heteroatoms. The summed E-state index contributed by atoms with van der Waals surface area (Å²) >= 11 is 1.56. The third kappa shape index (κ3) is 2.11. The summed E-state index contributed by atoms with van der Waals surface area (Å²) in [6.07, 6.45) is 3.46. The van der Waals surface area contributed by atoms with Crippen molar-refractivity contribution in [2.75, 3.05) is 0 Å². The van der Waals surface area contributed by atoms with E-state index >= 15 is 0 Å². The fourth-order valence-electron chi connectivity index (χ4n) is 2.22. The highest BCUT2D eigenvalue weighted by Crippen LogP contribution is 2.27. The van der Waals surface area contributed by atoms with Gasteiger partial charge in [0, 0.05) is 17.3 Å². The molecule has 0 bridgehead atoms. The first-order chi connectivity index (χ1) is 10.3. The molecule has 2 aromatic heterocycles. The SMILES string of the molecule is Fc1ccccc1-c1cnn(-c2nc3ccccc3s2)c1. The summed E-state index contributed by atoms with van der Waals surface area (Å²) in [6, 6.07) is 14.6. The number of nitrogens with zero attached hydrogens (tertiary/aromatic N) is 3. The minimum atomic E-state index is -0.249. The molecule has 21 heavy (non-hydrogen) atoms. The van der Waals surface area contributed by atoms with E-state index < -0.39 is 0 Å². The number of rotatable bonds is 2. The highest BCUT2D eigenvalue weighted by Gasteiger charge is 2.10. The topological polar surface area (TPSA) is 30.7 Å². The number of halogens is 1. The first kappa shape index (κ1) is 12.2. The van der Waals surface area contributed by atoms with Gasteiger partial charge in [-0.05, 0) is 18.2 Å². The average molecular weight is 295 g/mol. The Kier molecular flexibility index (Phi) is 2.79. The Bertz CT molecular complexity index is 893. The molecule has 0 saturated heterocycles. The van der Waals surface area contributed by atoms with Gasteiger partial charge in [-0.3, -0.25) is 0 Å². The van der Waals surface area contributed by atoms with Crippen molar-refractivity contribution in [3.05, 3.63) is 66.7 Å². The Hall–Kier alpha value is -2.53. The molecule has 0 unspecified atom stereocenters. The number of benzene rings is 2. The zero-order valence-electron chi connectivity index (χ0n) is 10.9. The monoisotopic (exact) mass is 295 g/mol. The number of aromatic nitrogens is 3. The van der Waals surface area contributed by atoms with Gasteiger partial charge in [0.1, 0.15) is 5.82 Å². The van der Waals surface area contributed by atoms with Crippen LogP contribution in [0.25, 0.3) is 26.5 Å². The number of hydrogen-bond donors (Lipinski definition) is 0. The van der Waals surface area contributed by atoms with Gasteiger partial charge in [-0.15, -0.1) is 0 Å². The highest BCUT2D eigenvalue weighted by atomic mass is 32.1. The molecule has 0 N–H and O–H groups in total. The van der Waals surface area contributed by atoms with Gasteiger partial charge in [0.2, 0.25) is 5.13 Å². The van der Waals surface area contributed by atoms with E-state index in [0.29, 0.717) is 5.56 Å². The molecule has 0 aliphatic carbocycles. The Morgan fingerprint density at radius 2 is 1.81 bits per heavy atom. The minimum Gasteiger partial charge on any atom is -0.218 e. The Balaban J connectivity index is 1.79. The second-order valence-electron chi connectivity index (χ2n) is 4.62. The minimum absolute atomic E-state index is 0.249. The maximum atomic E-state index is 13.8. The van der Waals surface area contributed by atoms with Gasteiger partial charge in [0.25, 0.3) is 0 Å². The number of fused-ring (bicyclic) bond motifs is 1. The van der Waals surface area contributed by atoms with Gasteiger partial charge in [-0.2, -0.15) is 5.10 Å². The fraction of sp³-hybridized carbons (Fsp3) is 0. The Morgan fingerprint density at radius 1 is 1.00 bits per heavy atom. The van der Waals surface area contributed by atoms with Gasteiger partial charge in [-0.25, -0.2) is 14.1 Å². The molecule has 0 spiro atoms. The van der Waals surface area contributed by atoms with Crippen molar-refractivity contribution in [3.63, 3.8) is 0 Å². The molecule has 0 fully saturated rings. The predicted octanol–water partition coefficient (Wildman–Crippen LogP) is 4.29.